The molecule has 1 aromatic heterocycles. The average molecular weight is 501 g/mol. The second-order valence-corrected chi connectivity index (χ2v) is 9.04. The average Bonchev–Trinajstić information content (AvgIpc) is 2.84. The zero-order valence-electron chi connectivity index (χ0n) is 19.9. The molecular formula is C26H27F3N4O3. The number of nitrogens with one attached hydrogen (secondary N) is 1. The van der Waals surface area contributed by atoms with E-state index in [9.17, 15) is 23.2 Å². The first-order valence-corrected chi connectivity index (χ1v) is 11.5. The van der Waals surface area contributed by atoms with Crippen LogP contribution in [0.1, 0.15) is 24.6 Å². The molecule has 1 amide bonds. The molecule has 2 aliphatic rings. The van der Waals surface area contributed by atoms with E-state index in [1.54, 1.807) is 25.3 Å². The highest BCUT2D eigenvalue weighted by Crippen LogP contribution is 2.42. The number of ether oxygens (including phenoxy) is 1. The molecule has 3 heterocycles. The molecule has 0 bridgehead atoms. The van der Waals surface area contributed by atoms with Gasteiger partial charge in [0.05, 0.1) is 36.9 Å². The van der Waals surface area contributed by atoms with E-state index in [2.05, 4.69) is 20.4 Å². The van der Waals surface area contributed by atoms with E-state index >= 15 is 0 Å². The van der Waals surface area contributed by atoms with Crippen LogP contribution in [0.2, 0.25) is 0 Å². The van der Waals surface area contributed by atoms with Gasteiger partial charge in [0.1, 0.15) is 5.60 Å². The lowest BCUT2D eigenvalue weighted by Crippen LogP contribution is -2.53. The lowest BCUT2D eigenvalue weighted by Gasteiger charge is -2.46. The van der Waals surface area contributed by atoms with Crippen molar-refractivity contribution in [3.05, 3.63) is 65.5 Å². The first-order valence-electron chi connectivity index (χ1n) is 11.5. The zero-order valence-corrected chi connectivity index (χ0v) is 19.9. The lowest BCUT2D eigenvalue weighted by molar-refractivity contribution is -0.112. The van der Waals surface area contributed by atoms with Crippen molar-refractivity contribution in [2.45, 2.75) is 38.3 Å². The molecular weight excluding hydrogens is 473 g/mol. The molecule has 2 aliphatic heterocycles. The maximum Gasteiger partial charge on any atom is 0.257 e. The van der Waals surface area contributed by atoms with Crippen molar-refractivity contribution < 1.29 is 27.9 Å². The topological polar surface area (TPSA) is 87.1 Å². The SMILES string of the molecule is Cc1ccc(NC(=O)C(/C=C/C(F)F)=C/C=N\F)cc1-c1cnc2c(c1)N1CCOCC1CC2(C)O. The summed E-state index contributed by atoms with van der Waals surface area (Å²) < 4.78 is 43.0. The number of fused-ring (bicyclic) bond motifs is 3. The Labute approximate surface area is 206 Å². The molecule has 190 valence electrons. The molecule has 0 radical (unpaired) electrons. The summed E-state index contributed by atoms with van der Waals surface area (Å²) in [5.41, 5.74) is 3.13. The Morgan fingerprint density at radius 3 is 2.94 bits per heavy atom. The summed E-state index contributed by atoms with van der Waals surface area (Å²) in [5.74, 6) is -0.697. The van der Waals surface area contributed by atoms with Gasteiger partial charge in [-0.15, -0.1) is 0 Å². The van der Waals surface area contributed by atoms with Gasteiger partial charge in [-0.05, 0) is 61.4 Å². The standard InChI is InChI=1S/C26H27F3N4O3/c1-16-3-5-19(32-25(34)17(7-8-31-29)4-6-23(27)28)12-21(16)18-11-22-24(30-14-18)26(2,35)13-20-15-36-10-9-33(20)22/h3-8,11-12,14,20,23,35H,9-10,13,15H2,1-2H3,(H,32,34)/b6-4+,17-7+,31-8-. The number of hydrogen-bond donors (Lipinski definition) is 2. The predicted molar refractivity (Wildman–Crippen MR) is 132 cm³/mol. The Morgan fingerprint density at radius 2 is 2.19 bits per heavy atom. The summed E-state index contributed by atoms with van der Waals surface area (Å²) in [7, 11) is 0. The number of morpholine rings is 1. The molecule has 1 aromatic carbocycles. The fraction of sp³-hybridized carbons (Fsp3) is 0.346. The third kappa shape index (κ3) is 5.50. The van der Waals surface area contributed by atoms with Gasteiger partial charge in [0.15, 0.2) is 0 Å². The molecule has 2 N–H and O–H groups in total. The third-order valence-corrected chi connectivity index (χ3v) is 6.35. The first kappa shape index (κ1) is 25.6. The van der Waals surface area contributed by atoms with Gasteiger partial charge in [-0.25, -0.2) is 8.78 Å². The number of amides is 1. The van der Waals surface area contributed by atoms with Gasteiger partial charge in [-0.1, -0.05) is 15.8 Å². The number of anilines is 2. The van der Waals surface area contributed by atoms with Crippen molar-refractivity contribution >= 4 is 23.5 Å². The molecule has 2 aromatic rings. The van der Waals surface area contributed by atoms with E-state index in [1.807, 2.05) is 19.1 Å². The lowest BCUT2D eigenvalue weighted by atomic mass is 9.85. The Kier molecular flexibility index (Phi) is 7.56. The molecule has 0 saturated carbocycles. The van der Waals surface area contributed by atoms with Crippen LogP contribution in [0.15, 0.2) is 59.5 Å². The van der Waals surface area contributed by atoms with Crippen LogP contribution in [0.25, 0.3) is 11.1 Å². The highest BCUT2D eigenvalue weighted by atomic mass is 19.3. The smallest absolute Gasteiger partial charge is 0.257 e. The van der Waals surface area contributed by atoms with Gasteiger partial charge in [0, 0.05) is 36.0 Å². The van der Waals surface area contributed by atoms with Crippen LogP contribution in [0, 0.1) is 6.92 Å². The highest BCUT2D eigenvalue weighted by Gasteiger charge is 2.41. The highest BCUT2D eigenvalue weighted by molar-refractivity contribution is 6.08. The van der Waals surface area contributed by atoms with Crippen molar-refractivity contribution in [1.29, 1.82) is 0 Å². The summed E-state index contributed by atoms with van der Waals surface area (Å²) in [6, 6.07) is 7.29. The number of carbonyl (C=O) groups is 1. The molecule has 2 atom stereocenters. The number of aromatic nitrogens is 1. The fourth-order valence-electron chi connectivity index (χ4n) is 4.64. The minimum Gasteiger partial charge on any atom is -0.384 e. The van der Waals surface area contributed by atoms with Crippen LogP contribution in [0.3, 0.4) is 0 Å². The van der Waals surface area contributed by atoms with Crippen LogP contribution in [-0.4, -0.2) is 54.4 Å². The molecule has 7 nitrogen and oxygen atoms in total. The van der Waals surface area contributed by atoms with E-state index < -0.39 is 17.9 Å². The number of hydrogen-bond acceptors (Lipinski definition) is 6. The first-order chi connectivity index (χ1) is 17.2. The van der Waals surface area contributed by atoms with E-state index in [0.717, 1.165) is 34.5 Å². The Hall–Kier alpha value is -3.50. The van der Waals surface area contributed by atoms with Crippen LogP contribution in [0.4, 0.5) is 24.6 Å². The minimum atomic E-state index is -2.77. The van der Waals surface area contributed by atoms with Crippen molar-refractivity contribution in [3.63, 3.8) is 0 Å². The number of rotatable bonds is 6. The Morgan fingerprint density at radius 1 is 1.39 bits per heavy atom. The molecule has 2 unspecified atom stereocenters. The predicted octanol–water partition coefficient (Wildman–Crippen LogP) is 4.51. The maximum absolute atomic E-state index is 12.7. The van der Waals surface area contributed by atoms with Gasteiger partial charge in [-0.2, -0.15) is 0 Å². The monoisotopic (exact) mass is 500 g/mol. The number of carbonyl (C=O) groups excluding carboxylic acids is 1. The van der Waals surface area contributed by atoms with Gasteiger partial charge >= 0.3 is 0 Å². The zero-order chi connectivity index (χ0) is 25.9. The molecule has 0 spiro atoms. The maximum atomic E-state index is 12.7. The van der Waals surface area contributed by atoms with Crippen molar-refractivity contribution in [2.24, 2.45) is 5.21 Å². The summed E-state index contributed by atoms with van der Waals surface area (Å²) in [4.78, 5) is 19.5. The van der Waals surface area contributed by atoms with Crippen LogP contribution in [-0.2, 0) is 15.1 Å². The Bertz CT molecular complexity index is 1230. The summed E-state index contributed by atoms with van der Waals surface area (Å²) in [6.07, 6.45) is 2.60. The van der Waals surface area contributed by atoms with Crippen LogP contribution in [0.5, 0.6) is 0 Å². The second-order valence-electron chi connectivity index (χ2n) is 9.04. The molecule has 1 saturated heterocycles. The van der Waals surface area contributed by atoms with Gasteiger partial charge in [0.2, 0.25) is 0 Å². The van der Waals surface area contributed by atoms with E-state index in [4.69, 9.17) is 4.74 Å². The second kappa shape index (κ2) is 10.6. The minimum absolute atomic E-state index is 0.0457. The van der Waals surface area contributed by atoms with E-state index in [-0.39, 0.29) is 11.6 Å². The summed E-state index contributed by atoms with van der Waals surface area (Å²) >= 11 is 0. The number of aliphatic hydroxyl groups is 1. The molecule has 1 fully saturated rings. The van der Waals surface area contributed by atoms with Gasteiger partial charge in [0.25, 0.3) is 12.3 Å². The number of nitrogens with zero attached hydrogens (tertiary/aromatic N) is 3. The Balaban J connectivity index is 1.66. The number of pyridine rings is 1. The van der Waals surface area contributed by atoms with Crippen molar-refractivity contribution in [1.82, 2.24) is 4.98 Å². The molecule has 0 aliphatic carbocycles. The molecule has 36 heavy (non-hydrogen) atoms. The number of allylic oxidation sites excluding steroid dienone is 2. The molecule has 10 heteroatoms. The van der Waals surface area contributed by atoms with E-state index in [1.165, 1.54) is 0 Å². The quantitative estimate of drug-likeness (QED) is 0.346. The van der Waals surface area contributed by atoms with Crippen LogP contribution >= 0.6 is 0 Å². The molecule has 4 rings (SSSR count). The van der Waals surface area contributed by atoms with E-state index in [0.29, 0.717) is 49.9 Å². The number of benzene rings is 1. The number of alkyl halides is 2. The van der Waals surface area contributed by atoms with Crippen LogP contribution < -0.4 is 10.2 Å². The summed E-state index contributed by atoms with van der Waals surface area (Å²) in [5, 5.41) is 16.0. The summed E-state index contributed by atoms with van der Waals surface area (Å²) in [6.45, 7) is 5.49. The third-order valence-electron chi connectivity index (χ3n) is 6.35. The normalized spacial score (nSPS) is 22.2. The van der Waals surface area contributed by atoms with Gasteiger partial charge < -0.3 is 20.1 Å². The van der Waals surface area contributed by atoms with Gasteiger partial charge in [-0.3, -0.25) is 9.78 Å². The fourth-order valence-corrected chi connectivity index (χ4v) is 4.64. The number of halogens is 3. The van der Waals surface area contributed by atoms with Crippen molar-refractivity contribution in [2.75, 3.05) is 30.0 Å². The number of aryl methyl sites for hydroxylation is 1. The van der Waals surface area contributed by atoms with Crippen molar-refractivity contribution in [3.8, 4) is 11.1 Å². The largest absolute Gasteiger partial charge is 0.384 e.